The van der Waals surface area contributed by atoms with Gasteiger partial charge in [-0.1, -0.05) is 25.3 Å². The second kappa shape index (κ2) is 7.41. The Morgan fingerprint density at radius 3 is 2.86 bits per heavy atom. The molecule has 0 radical (unpaired) electrons. The molecule has 1 aliphatic carbocycles. The van der Waals surface area contributed by atoms with E-state index in [-0.39, 0.29) is 24.1 Å². The lowest BCUT2D eigenvalue weighted by atomic mass is 10.1. The van der Waals surface area contributed by atoms with Crippen molar-refractivity contribution in [3.63, 3.8) is 0 Å². The van der Waals surface area contributed by atoms with Gasteiger partial charge in [-0.15, -0.1) is 0 Å². The summed E-state index contributed by atoms with van der Waals surface area (Å²) in [6.07, 6.45) is 4.24. The second-order valence-corrected chi connectivity index (χ2v) is 5.53. The van der Waals surface area contributed by atoms with Crippen LogP contribution in [0.15, 0.2) is 18.2 Å². The molecule has 0 aromatic heterocycles. The van der Waals surface area contributed by atoms with Crippen LogP contribution in [0.4, 0.5) is 4.39 Å². The first-order valence-corrected chi connectivity index (χ1v) is 7.40. The van der Waals surface area contributed by atoms with Gasteiger partial charge in [0.1, 0.15) is 0 Å². The van der Waals surface area contributed by atoms with E-state index in [1.165, 1.54) is 19.2 Å². The summed E-state index contributed by atoms with van der Waals surface area (Å²) in [5, 5.41) is 12.8. The van der Waals surface area contributed by atoms with Crippen molar-refractivity contribution in [2.24, 2.45) is 0 Å². The van der Waals surface area contributed by atoms with E-state index in [1.54, 1.807) is 6.07 Å². The SMILES string of the molecule is COc1ccc(CC(=O)NC2CCCCCC2O)cc1F. The molecule has 0 heterocycles. The summed E-state index contributed by atoms with van der Waals surface area (Å²) in [6.45, 7) is 0. The fraction of sp³-hybridized carbons (Fsp3) is 0.562. The molecule has 1 fully saturated rings. The zero-order valence-electron chi connectivity index (χ0n) is 12.3. The summed E-state index contributed by atoms with van der Waals surface area (Å²) in [4.78, 5) is 12.0. The summed E-state index contributed by atoms with van der Waals surface area (Å²) in [5.74, 6) is -0.499. The van der Waals surface area contributed by atoms with Crippen LogP contribution >= 0.6 is 0 Å². The van der Waals surface area contributed by atoms with Crippen molar-refractivity contribution in [1.29, 1.82) is 0 Å². The third kappa shape index (κ3) is 4.43. The minimum atomic E-state index is -0.482. The fourth-order valence-corrected chi connectivity index (χ4v) is 2.72. The van der Waals surface area contributed by atoms with Crippen molar-refractivity contribution in [3.8, 4) is 5.75 Å². The van der Waals surface area contributed by atoms with Crippen LogP contribution in [-0.4, -0.2) is 30.3 Å². The molecule has 0 spiro atoms. The minimum absolute atomic E-state index is 0.101. The van der Waals surface area contributed by atoms with Crippen LogP contribution in [0.3, 0.4) is 0 Å². The lowest BCUT2D eigenvalue weighted by Crippen LogP contribution is -2.43. The molecule has 1 aromatic carbocycles. The second-order valence-electron chi connectivity index (χ2n) is 5.53. The first-order valence-electron chi connectivity index (χ1n) is 7.40. The predicted octanol–water partition coefficient (Wildman–Crippen LogP) is 2.19. The number of benzene rings is 1. The number of aliphatic hydroxyl groups is 1. The molecule has 21 heavy (non-hydrogen) atoms. The molecule has 2 atom stereocenters. The van der Waals surface area contributed by atoms with Gasteiger partial charge in [0, 0.05) is 0 Å². The number of halogens is 1. The summed E-state index contributed by atoms with van der Waals surface area (Å²) in [7, 11) is 1.40. The van der Waals surface area contributed by atoms with Gasteiger partial charge in [0.2, 0.25) is 5.91 Å². The maximum atomic E-state index is 13.6. The van der Waals surface area contributed by atoms with Crippen LogP contribution in [-0.2, 0) is 11.2 Å². The Morgan fingerprint density at radius 2 is 2.14 bits per heavy atom. The molecule has 2 unspecified atom stereocenters. The van der Waals surface area contributed by atoms with Gasteiger partial charge in [-0.25, -0.2) is 4.39 Å². The van der Waals surface area contributed by atoms with E-state index in [0.717, 1.165) is 32.1 Å². The van der Waals surface area contributed by atoms with E-state index in [2.05, 4.69) is 5.32 Å². The average Bonchev–Trinajstić information content (AvgIpc) is 2.64. The Bertz CT molecular complexity index is 492. The number of ether oxygens (including phenoxy) is 1. The van der Waals surface area contributed by atoms with Gasteiger partial charge in [0.25, 0.3) is 0 Å². The largest absolute Gasteiger partial charge is 0.494 e. The van der Waals surface area contributed by atoms with Gasteiger partial charge in [-0.3, -0.25) is 4.79 Å². The topological polar surface area (TPSA) is 58.6 Å². The molecular formula is C16H22FNO3. The Labute approximate surface area is 124 Å². The van der Waals surface area contributed by atoms with Crippen molar-refractivity contribution in [3.05, 3.63) is 29.6 Å². The van der Waals surface area contributed by atoms with Gasteiger partial charge in [0.05, 0.1) is 25.7 Å². The molecule has 2 rings (SSSR count). The predicted molar refractivity (Wildman–Crippen MR) is 77.7 cm³/mol. The van der Waals surface area contributed by atoms with Crippen molar-refractivity contribution in [2.75, 3.05) is 7.11 Å². The summed E-state index contributed by atoms with van der Waals surface area (Å²) < 4.78 is 18.4. The molecule has 0 bridgehead atoms. The van der Waals surface area contributed by atoms with E-state index in [9.17, 15) is 14.3 Å². The molecule has 1 saturated carbocycles. The van der Waals surface area contributed by atoms with Gasteiger partial charge < -0.3 is 15.2 Å². The number of carbonyl (C=O) groups is 1. The smallest absolute Gasteiger partial charge is 0.224 e. The lowest BCUT2D eigenvalue weighted by molar-refractivity contribution is -0.122. The first-order chi connectivity index (χ1) is 10.1. The van der Waals surface area contributed by atoms with E-state index >= 15 is 0 Å². The van der Waals surface area contributed by atoms with Crippen LogP contribution in [0, 0.1) is 5.82 Å². The zero-order valence-corrected chi connectivity index (χ0v) is 12.3. The third-order valence-corrected chi connectivity index (χ3v) is 3.91. The normalized spacial score (nSPS) is 22.4. The molecule has 0 saturated heterocycles. The van der Waals surface area contributed by atoms with Crippen LogP contribution < -0.4 is 10.1 Å². The number of rotatable bonds is 4. The first kappa shape index (κ1) is 15.8. The van der Waals surface area contributed by atoms with Crippen LogP contribution in [0.5, 0.6) is 5.75 Å². The van der Waals surface area contributed by atoms with E-state index in [0.29, 0.717) is 5.56 Å². The Hall–Kier alpha value is -1.62. The fourth-order valence-electron chi connectivity index (χ4n) is 2.72. The van der Waals surface area contributed by atoms with Crippen molar-refractivity contribution in [1.82, 2.24) is 5.32 Å². The lowest BCUT2D eigenvalue weighted by Gasteiger charge is -2.21. The molecule has 0 aliphatic heterocycles. The number of hydrogen-bond donors (Lipinski definition) is 2. The van der Waals surface area contributed by atoms with Gasteiger partial charge in [-0.2, -0.15) is 0 Å². The number of amides is 1. The van der Waals surface area contributed by atoms with Crippen LogP contribution in [0.2, 0.25) is 0 Å². The Balaban J connectivity index is 1.93. The zero-order chi connectivity index (χ0) is 15.2. The highest BCUT2D eigenvalue weighted by atomic mass is 19.1. The van der Waals surface area contributed by atoms with Crippen molar-refractivity contribution >= 4 is 5.91 Å². The quantitative estimate of drug-likeness (QED) is 0.837. The van der Waals surface area contributed by atoms with Gasteiger partial charge >= 0.3 is 0 Å². The van der Waals surface area contributed by atoms with E-state index in [1.807, 2.05) is 0 Å². The molecule has 1 aromatic rings. The minimum Gasteiger partial charge on any atom is -0.494 e. The summed E-state index contributed by atoms with van der Waals surface area (Å²) >= 11 is 0. The highest BCUT2D eigenvalue weighted by Gasteiger charge is 2.23. The molecule has 116 valence electrons. The average molecular weight is 295 g/mol. The Kier molecular flexibility index (Phi) is 5.56. The maximum absolute atomic E-state index is 13.6. The molecule has 1 aliphatic rings. The van der Waals surface area contributed by atoms with Gasteiger partial charge in [0.15, 0.2) is 11.6 Å². The van der Waals surface area contributed by atoms with E-state index in [4.69, 9.17) is 4.74 Å². The molecular weight excluding hydrogens is 273 g/mol. The van der Waals surface area contributed by atoms with Crippen LogP contribution in [0.1, 0.15) is 37.7 Å². The third-order valence-electron chi connectivity index (χ3n) is 3.91. The highest BCUT2D eigenvalue weighted by Crippen LogP contribution is 2.19. The Morgan fingerprint density at radius 1 is 1.38 bits per heavy atom. The standard InChI is InChI=1S/C16H22FNO3/c1-21-15-8-7-11(9-12(15)17)10-16(20)18-13-5-3-2-4-6-14(13)19/h7-9,13-14,19H,2-6,10H2,1H3,(H,18,20). The number of nitrogens with one attached hydrogen (secondary N) is 1. The van der Waals surface area contributed by atoms with Gasteiger partial charge in [-0.05, 0) is 30.5 Å². The highest BCUT2D eigenvalue weighted by molar-refractivity contribution is 5.79. The summed E-state index contributed by atoms with van der Waals surface area (Å²) in [6, 6.07) is 4.30. The molecule has 5 heteroatoms. The molecule has 4 nitrogen and oxygen atoms in total. The maximum Gasteiger partial charge on any atom is 0.224 e. The van der Waals surface area contributed by atoms with Crippen molar-refractivity contribution in [2.45, 2.75) is 50.7 Å². The molecule has 1 amide bonds. The number of hydrogen-bond acceptors (Lipinski definition) is 3. The van der Waals surface area contributed by atoms with Crippen molar-refractivity contribution < 1.29 is 19.0 Å². The van der Waals surface area contributed by atoms with E-state index < -0.39 is 11.9 Å². The number of methoxy groups -OCH3 is 1. The van der Waals surface area contributed by atoms with Crippen LogP contribution in [0.25, 0.3) is 0 Å². The summed E-state index contributed by atoms with van der Waals surface area (Å²) in [5.41, 5.74) is 0.592. The number of carbonyl (C=O) groups excluding carboxylic acids is 1. The number of aliphatic hydroxyl groups excluding tert-OH is 1. The molecule has 2 N–H and O–H groups in total. The monoisotopic (exact) mass is 295 g/mol.